The van der Waals surface area contributed by atoms with Crippen LogP contribution in [0.1, 0.15) is 54.4 Å². The first kappa shape index (κ1) is 30.1. The molecule has 0 aromatic heterocycles. The molecule has 3 aliphatic rings. The number of benzene rings is 1. The van der Waals surface area contributed by atoms with Crippen molar-refractivity contribution in [1.29, 1.82) is 0 Å². The quantitative estimate of drug-likeness (QED) is 0.312. The Morgan fingerprint density at radius 3 is 2.33 bits per heavy atom. The van der Waals surface area contributed by atoms with Crippen LogP contribution in [0.15, 0.2) is 36.9 Å². The van der Waals surface area contributed by atoms with E-state index in [1.165, 1.54) is 4.90 Å². The first-order valence-corrected chi connectivity index (χ1v) is 14.6. The first-order chi connectivity index (χ1) is 19.0. The molecule has 220 valence electrons. The van der Waals surface area contributed by atoms with E-state index in [0.717, 1.165) is 18.8 Å². The molecule has 3 fully saturated rings. The monoisotopic (exact) mass is 555 g/mol. The van der Waals surface area contributed by atoms with Crippen molar-refractivity contribution in [2.45, 2.75) is 77.7 Å². The molecule has 2 bridgehead atoms. The Labute approximate surface area is 238 Å². The molecule has 3 saturated heterocycles. The number of amides is 2. The van der Waals surface area contributed by atoms with Crippen molar-refractivity contribution in [1.82, 2.24) is 4.90 Å². The van der Waals surface area contributed by atoms with Crippen molar-refractivity contribution >= 4 is 29.2 Å². The maximum atomic E-state index is 14.7. The molecule has 1 aromatic rings. The summed E-state index contributed by atoms with van der Waals surface area (Å²) in [4.78, 5) is 47.6. The van der Waals surface area contributed by atoms with Gasteiger partial charge in [0.15, 0.2) is 0 Å². The summed E-state index contributed by atoms with van der Waals surface area (Å²) in [5, 5.41) is 10.4. The number of anilines is 2. The standard InChI is InChI=1S/C31H45N3O6/c1-8-18-33(22-14-12-21(13-15-22)32(9-2)10-3)28(37)26-31-17-16-30(7,40-31)25(29(38)39-11-4)24(31)27(36)34(26)23(19-35)20(5)6/h8,12-15,20,23-26,35H,1,9-11,16-19H2,2-7H3/t23-,24-,25-,26?,30+,31?/m0/s1. The van der Waals surface area contributed by atoms with Crippen molar-refractivity contribution in [3.63, 3.8) is 0 Å². The van der Waals surface area contributed by atoms with E-state index >= 15 is 0 Å². The zero-order valence-corrected chi connectivity index (χ0v) is 24.8. The number of ether oxygens (including phenoxy) is 2. The minimum atomic E-state index is -1.19. The Hall–Kier alpha value is -2.91. The van der Waals surface area contributed by atoms with Crippen LogP contribution in [0.3, 0.4) is 0 Å². The number of aliphatic hydroxyl groups excluding tert-OH is 1. The van der Waals surface area contributed by atoms with Crippen molar-refractivity contribution in [2.75, 3.05) is 42.6 Å². The smallest absolute Gasteiger partial charge is 0.312 e. The highest BCUT2D eigenvalue weighted by molar-refractivity contribution is 6.05. The van der Waals surface area contributed by atoms with Gasteiger partial charge in [-0.15, -0.1) is 6.58 Å². The molecule has 0 aliphatic carbocycles. The van der Waals surface area contributed by atoms with Gasteiger partial charge >= 0.3 is 5.97 Å². The van der Waals surface area contributed by atoms with Crippen molar-refractivity contribution in [3.8, 4) is 0 Å². The minimum absolute atomic E-state index is 0.130. The fraction of sp³-hybridized carbons (Fsp3) is 0.645. The molecule has 40 heavy (non-hydrogen) atoms. The van der Waals surface area contributed by atoms with Gasteiger partial charge in [0.05, 0.1) is 30.8 Å². The van der Waals surface area contributed by atoms with E-state index in [9.17, 15) is 19.5 Å². The third-order valence-electron chi connectivity index (χ3n) is 9.17. The normalized spacial score (nSPS) is 29.4. The third kappa shape index (κ3) is 4.61. The van der Waals surface area contributed by atoms with Crippen molar-refractivity contribution < 1.29 is 29.0 Å². The molecule has 0 radical (unpaired) electrons. The fourth-order valence-corrected chi connectivity index (χ4v) is 7.24. The third-order valence-corrected chi connectivity index (χ3v) is 9.17. The number of fused-ring (bicyclic) bond motifs is 1. The van der Waals surface area contributed by atoms with Crippen LogP contribution in [0, 0.1) is 17.8 Å². The Morgan fingerprint density at radius 2 is 1.80 bits per heavy atom. The highest BCUT2D eigenvalue weighted by Crippen LogP contribution is 2.64. The summed E-state index contributed by atoms with van der Waals surface area (Å²) in [6.07, 6.45) is 2.65. The lowest BCUT2D eigenvalue weighted by Crippen LogP contribution is -2.60. The summed E-state index contributed by atoms with van der Waals surface area (Å²) in [6.45, 7) is 17.3. The highest BCUT2D eigenvalue weighted by Gasteiger charge is 2.79. The molecule has 9 nitrogen and oxygen atoms in total. The van der Waals surface area contributed by atoms with E-state index in [4.69, 9.17) is 9.47 Å². The molecule has 1 N–H and O–H groups in total. The molecule has 2 amide bonds. The number of rotatable bonds is 12. The molecule has 9 heteroatoms. The predicted molar refractivity (Wildman–Crippen MR) is 154 cm³/mol. The van der Waals surface area contributed by atoms with Gasteiger partial charge in [0, 0.05) is 31.0 Å². The predicted octanol–water partition coefficient (Wildman–Crippen LogP) is 3.40. The van der Waals surface area contributed by atoms with Crippen LogP contribution >= 0.6 is 0 Å². The summed E-state index contributed by atoms with van der Waals surface area (Å²) in [7, 11) is 0. The average Bonchev–Trinajstić information content (AvgIpc) is 3.49. The second kappa shape index (κ2) is 11.5. The molecule has 1 spiro atoms. The second-order valence-corrected chi connectivity index (χ2v) is 11.6. The van der Waals surface area contributed by atoms with Crippen LogP contribution in [-0.2, 0) is 23.9 Å². The zero-order valence-electron chi connectivity index (χ0n) is 24.8. The number of esters is 1. The van der Waals surface area contributed by atoms with Crippen LogP contribution in [0.4, 0.5) is 11.4 Å². The fourth-order valence-electron chi connectivity index (χ4n) is 7.24. The van der Waals surface area contributed by atoms with Gasteiger partial charge in [-0.05, 0) is 70.7 Å². The summed E-state index contributed by atoms with van der Waals surface area (Å²) in [5.74, 6) is -2.92. The number of hydrogen-bond donors (Lipinski definition) is 1. The Kier molecular flexibility index (Phi) is 8.66. The molecule has 1 aromatic carbocycles. The van der Waals surface area contributed by atoms with E-state index in [2.05, 4.69) is 25.3 Å². The molecular formula is C31H45N3O6. The summed E-state index contributed by atoms with van der Waals surface area (Å²) in [6, 6.07) is 6.18. The SMILES string of the molecule is C=CCN(C(=O)C1N([C@@H](CO)C(C)C)C(=O)[C@@H]2[C@@H](C(=O)OCC)[C@@]3(C)CCC12O3)c1ccc(N(CC)CC)cc1. The van der Waals surface area contributed by atoms with E-state index in [1.807, 2.05) is 45.0 Å². The van der Waals surface area contributed by atoms with Gasteiger partial charge in [-0.1, -0.05) is 19.9 Å². The van der Waals surface area contributed by atoms with Crippen LogP contribution in [0.5, 0.6) is 0 Å². The molecular weight excluding hydrogens is 510 g/mol. The highest BCUT2D eigenvalue weighted by atomic mass is 16.6. The Balaban J connectivity index is 1.81. The summed E-state index contributed by atoms with van der Waals surface area (Å²) < 4.78 is 12.1. The van der Waals surface area contributed by atoms with E-state index in [-0.39, 0.29) is 37.5 Å². The number of likely N-dealkylation sites (tertiary alicyclic amines) is 1. The number of aliphatic hydroxyl groups is 1. The van der Waals surface area contributed by atoms with Gasteiger partial charge in [-0.25, -0.2) is 0 Å². The molecule has 3 heterocycles. The van der Waals surface area contributed by atoms with Gasteiger partial charge in [-0.3, -0.25) is 14.4 Å². The molecule has 3 aliphatic heterocycles. The zero-order chi connectivity index (χ0) is 29.4. The lowest BCUT2D eigenvalue weighted by atomic mass is 9.66. The minimum Gasteiger partial charge on any atom is -0.466 e. The van der Waals surface area contributed by atoms with Crippen LogP contribution < -0.4 is 9.80 Å². The lowest BCUT2D eigenvalue weighted by Gasteiger charge is -2.40. The van der Waals surface area contributed by atoms with Crippen molar-refractivity contribution in [2.24, 2.45) is 17.8 Å². The number of hydrogen-bond acceptors (Lipinski definition) is 7. The summed E-state index contributed by atoms with van der Waals surface area (Å²) in [5.41, 5.74) is -0.361. The number of carbonyl (C=O) groups excluding carboxylic acids is 3. The maximum absolute atomic E-state index is 14.7. The van der Waals surface area contributed by atoms with Gasteiger partial charge in [0.1, 0.15) is 17.6 Å². The van der Waals surface area contributed by atoms with E-state index in [0.29, 0.717) is 18.5 Å². The summed E-state index contributed by atoms with van der Waals surface area (Å²) >= 11 is 0. The second-order valence-electron chi connectivity index (χ2n) is 11.6. The lowest BCUT2D eigenvalue weighted by molar-refractivity contribution is -0.160. The van der Waals surface area contributed by atoms with Crippen LogP contribution in [0.2, 0.25) is 0 Å². The Bertz CT molecular complexity index is 1120. The molecule has 6 atom stereocenters. The van der Waals surface area contributed by atoms with Crippen LogP contribution in [-0.4, -0.2) is 83.9 Å². The molecule has 0 saturated carbocycles. The van der Waals surface area contributed by atoms with Gasteiger partial charge in [0.25, 0.3) is 5.91 Å². The maximum Gasteiger partial charge on any atom is 0.312 e. The topological polar surface area (TPSA) is 99.6 Å². The largest absolute Gasteiger partial charge is 0.466 e. The molecule has 2 unspecified atom stereocenters. The number of carbonyl (C=O) groups is 3. The van der Waals surface area contributed by atoms with E-state index < -0.39 is 41.1 Å². The number of nitrogens with zero attached hydrogens (tertiary/aromatic N) is 3. The van der Waals surface area contributed by atoms with Gasteiger partial charge < -0.3 is 29.3 Å². The average molecular weight is 556 g/mol. The first-order valence-electron chi connectivity index (χ1n) is 14.6. The van der Waals surface area contributed by atoms with Crippen LogP contribution in [0.25, 0.3) is 0 Å². The molecule has 4 rings (SSSR count). The van der Waals surface area contributed by atoms with E-state index in [1.54, 1.807) is 17.9 Å². The van der Waals surface area contributed by atoms with Gasteiger partial charge in [-0.2, -0.15) is 0 Å². The van der Waals surface area contributed by atoms with Crippen molar-refractivity contribution in [3.05, 3.63) is 36.9 Å². The Morgan fingerprint density at radius 1 is 1.18 bits per heavy atom. The van der Waals surface area contributed by atoms with Gasteiger partial charge in [0.2, 0.25) is 5.91 Å².